The standard InChI is InChI=1S/C53H94O14/c1-6-10-14-18-22-26-30-46(54)62-38-44(39-63-47(55)31-27-23-19-15-11-7-2)34-36-50(58)66-42-53(5,52(60)61)43-67-51(59)37-35-45(40-64-48(56)32-28-24-20-16-12-8-3)41-65-49(57)33-29-25-21-17-13-9-4/h44-45H,6-43H2,1-5H3,(H,60,61). The molecule has 0 bridgehead atoms. The van der Waals surface area contributed by atoms with Crippen LogP contribution in [0.2, 0.25) is 0 Å². The smallest absolute Gasteiger partial charge is 0.316 e. The van der Waals surface area contributed by atoms with E-state index in [0.29, 0.717) is 0 Å². The van der Waals surface area contributed by atoms with Crippen LogP contribution in [0.3, 0.4) is 0 Å². The van der Waals surface area contributed by atoms with Crippen LogP contribution in [0.15, 0.2) is 0 Å². The van der Waals surface area contributed by atoms with Crippen LogP contribution in [0.1, 0.15) is 240 Å². The van der Waals surface area contributed by atoms with Gasteiger partial charge in [-0.3, -0.25) is 33.6 Å². The van der Waals surface area contributed by atoms with Gasteiger partial charge in [-0.1, -0.05) is 156 Å². The number of rotatable bonds is 47. The highest BCUT2D eigenvalue weighted by atomic mass is 16.6. The van der Waals surface area contributed by atoms with E-state index in [4.69, 9.17) is 28.4 Å². The van der Waals surface area contributed by atoms with E-state index in [1.54, 1.807) is 0 Å². The predicted molar refractivity (Wildman–Crippen MR) is 259 cm³/mol. The van der Waals surface area contributed by atoms with Crippen molar-refractivity contribution in [3.05, 3.63) is 0 Å². The number of carboxylic acid groups (broad SMARTS) is 1. The highest BCUT2D eigenvalue weighted by Crippen LogP contribution is 2.21. The summed E-state index contributed by atoms with van der Waals surface area (Å²) in [5, 5.41) is 10.1. The van der Waals surface area contributed by atoms with Gasteiger partial charge in [0.1, 0.15) is 18.6 Å². The van der Waals surface area contributed by atoms with Gasteiger partial charge < -0.3 is 33.5 Å². The van der Waals surface area contributed by atoms with Crippen molar-refractivity contribution in [3.63, 3.8) is 0 Å². The van der Waals surface area contributed by atoms with Crippen molar-refractivity contribution in [3.8, 4) is 0 Å². The van der Waals surface area contributed by atoms with Gasteiger partial charge in [0.05, 0.1) is 26.4 Å². The lowest BCUT2D eigenvalue weighted by molar-refractivity contribution is -0.166. The molecule has 14 heteroatoms. The topological polar surface area (TPSA) is 195 Å². The first-order valence-corrected chi connectivity index (χ1v) is 26.5. The lowest BCUT2D eigenvalue weighted by Gasteiger charge is -2.24. The Labute approximate surface area is 404 Å². The van der Waals surface area contributed by atoms with Gasteiger partial charge in [0, 0.05) is 50.4 Å². The highest BCUT2D eigenvalue weighted by Gasteiger charge is 2.37. The van der Waals surface area contributed by atoms with Crippen LogP contribution in [0, 0.1) is 17.3 Å². The summed E-state index contributed by atoms with van der Waals surface area (Å²) < 4.78 is 32.8. The predicted octanol–water partition coefficient (Wildman–Crippen LogP) is 12.1. The Hall–Kier alpha value is -3.71. The van der Waals surface area contributed by atoms with Gasteiger partial charge in [-0.15, -0.1) is 0 Å². The molecule has 0 aliphatic rings. The van der Waals surface area contributed by atoms with E-state index in [1.807, 2.05) is 0 Å². The molecule has 0 aliphatic heterocycles. The van der Waals surface area contributed by atoms with E-state index in [9.17, 15) is 38.7 Å². The number of ether oxygens (including phenoxy) is 6. The zero-order valence-corrected chi connectivity index (χ0v) is 42.8. The first kappa shape index (κ1) is 63.3. The van der Waals surface area contributed by atoms with Gasteiger partial charge in [0.25, 0.3) is 0 Å². The average Bonchev–Trinajstić information content (AvgIpc) is 3.31. The Bertz CT molecular complexity index is 1160. The molecule has 0 rings (SSSR count). The molecule has 0 saturated carbocycles. The molecule has 0 atom stereocenters. The van der Waals surface area contributed by atoms with Gasteiger partial charge >= 0.3 is 41.8 Å². The zero-order chi connectivity index (χ0) is 49.8. The molecule has 0 heterocycles. The van der Waals surface area contributed by atoms with E-state index < -0.39 is 48.4 Å². The number of carbonyl (C=O) groups is 7. The van der Waals surface area contributed by atoms with Crippen LogP contribution >= 0.6 is 0 Å². The Morgan fingerprint density at radius 1 is 0.343 bits per heavy atom. The molecule has 0 spiro atoms. The number of aliphatic carboxylic acids is 1. The van der Waals surface area contributed by atoms with Crippen molar-refractivity contribution in [1.29, 1.82) is 0 Å². The minimum Gasteiger partial charge on any atom is -0.481 e. The normalized spacial score (nSPS) is 11.4. The van der Waals surface area contributed by atoms with Crippen LogP contribution in [-0.4, -0.2) is 86.5 Å². The lowest BCUT2D eigenvalue weighted by Crippen LogP contribution is -2.39. The summed E-state index contributed by atoms with van der Waals surface area (Å²) in [7, 11) is 0. The first-order chi connectivity index (χ1) is 32.3. The van der Waals surface area contributed by atoms with Crippen LogP contribution < -0.4 is 0 Å². The number of hydrogen-bond acceptors (Lipinski definition) is 13. The Morgan fingerprint density at radius 2 is 0.567 bits per heavy atom. The van der Waals surface area contributed by atoms with Gasteiger partial charge in [0.2, 0.25) is 0 Å². The SMILES string of the molecule is CCCCCCCCC(=O)OCC(CCC(=O)OCC(C)(COC(=O)CCC(COC(=O)CCCCCCCC)COC(=O)CCCCCCCC)C(=O)O)COC(=O)CCCCCCCC. The van der Waals surface area contributed by atoms with Crippen LogP contribution in [0.5, 0.6) is 0 Å². The minimum atomic E-state index is -1.76. The van der Waals surface area contributed by atoms with Crippen molar-refractivity contribution in [1.82, 2.24) is 0 Å². The lowest BCUT2D eigenvalue weighted by atomic mass is 9.93. The molecule has 0 unspecified atom stereocenters. The molecule has 67 heavy (non-hydrogen) atoms. The zero-order valence-electron chi connectivity index (χ0n) is 42.8. The fraction of sp³-hybridized carbons (Fsp3) is 0.868. The maximum absolute atomic E-state index is 12.9. The summed E-state index contributed by atoms with van der Waals surface area (Å²) in [6.45, 7) is 8.57. The fourth-order valence-electron chi connectivity index (χ4n) is 7.19. The number of unbranched alkanes of at least 4 members (excludes halogenated alkanes) is 20. The van der Waals surface area contributed by atoms with Crippen molar-refractivity contribution < 1.29 is 67.1 Å². The second-order valence-corrected chi connectivity index (χ2v) is 18.8. The molecule has 390 valence electrons. The third-order valence-electron chi connectivity index (χ3n) is 12.0. The number of carboxylic acids is 1. The first-order valence-electron chi connectivity index (χ1n) is 26.5. The number of hydrogen-bond donors (Lipinski definition) is 1. The molecule has 0 aromatic heterocycles. The number of carbonyl (C=O) groups excluding carboxylic acids is 6. The molecule has 0 fully saturated rings. The third-order valence-corrected chi connectivity index (χ3v) is 12.0. The molecular weight excluding hydrogens is 861 g/mol. The average molecular weight is 955 g/mol. The summed E-state index contributed by atoms with van der Waals surface area (Å²) in [5.74, 6) is -5.12. The molecular formula is C53H94O14. The number of esters is 6. The molecule has 0 aliphatic carbocycles. The van der Waals surface area contributed by atoms with Crippen molar-refractivity contribution in [2.45, 2.75) is 240 Å². The van der Waals surface area contributed by atoms with Gasteiger partial charge in [0.15, 0.2) is 0 Å². The summed E-state index contributed by atoms with van der Waals surface area (Å²) in [6, 6.07) is 0. The van der Waals surface area contributed by atoms with E-state index in [0.717, 1.165) is 128 Å². The molecule has 1 N–H and O–H groups in total. The minimum absolute atomic E-state index is 0.0425. The van der Waals surface area contributed by atoms with E-state index in [-0.39, 0.29) is 102 Å². The van der Waals surface area contributed by atoms with Crippen LogP contribution in [0.25, 0.3) is 0 Å². The fourth-order valence-corrected chi connectivity index (χ4v) is 7.19. The van der Waals surface area contributed by atoms with Crippen LogP contribution in [-0.2, 0) is 62.0 Å². The van der Waals surface area contributed by atoms with Gasteiger partial charge in [-0.05, 0) is 45.4 Å². The van der Waals surface area contributed by atoms with Gasteiger partial charge in [-0.2, -0.15) is 0 Å². The summed E-state index contributed by atoms with van der Waals surface area (Å²) in [5.41, 5.74) is -1.76. The molecule has 0 aromatic carbocycles. The summed E-state index contributed by atoms with van der Waals surface area (Å²) in [4.78, 5) is 88.3. The summed E-state index contributed by atoms with van der Waals surface area (Å²) in [6.07, 6.45) is 25.7. The maximum atomic E-state index is 12.9. The molecule has 14 nitrogen and oxygen atoms in total. The van der Waals surface area contributed by atoms with Crippen molar-refractivity contribution >= 4 is 41.8 Å². The Morgan fingerprint density at radius 3 is 0.806 bits per heavy atom. The monoisotopic (exact) mass is 955 g/mol. The molecule has 0 radical (unpaired) electrons. The van der Waals surface area contributed by atoms with Crippen LogP contribution in [0.4, 0.5) is 0 Å². The third kappa shape index (κ3) is 38.9. The van der Waals surface area contributed by atoms with Crippen molar-refractivity contribution in [2.75, 3.05) is 39.6 Å². The van der Waals surface area contributed by atoms with E-state index in [2.05, 4.69) is 27.7 Å². The Balaban J connectivity index is 5.25. The maximum Gasteiger partial charge on any atom is 0.316 e. The largest absolute Gasteiger partial charge is 0.481 e. The van der Waals surface area contributed by atoms with E-state index in [1.165, 1.54) is 32.6 Å². The Kier molecular flexibility index (Phi) is 41.1. The second-order valence-electron chi connectivity index (χ2n) is 18.8. The van der Waals surface area contributed by atoms with E-state index >= 15 is 0 Å². The molecule has 0 aromatic rings. The molecule has 0 amide bonds. The quantitative estimate of drug-likeness (QED) is 0.0344. The second kappa shape index (κ2) is 43.6. The molecule has 0 saturated heterocycles. The summed E-state index contributed by atoms with van der Waals surface area (Å²) >= 11 is 0. The van der Waals surface area contributed by atoms with Crippen molar-refractivity contribution in [2.24, 2.45) is 17.3 Å². The van der Waals surface area contributed by atoms with Gasteiger partial charge in [-0.25, -0.2) is 0 Å². The highest BCUT2D eigenvalue weighted by molar-refractivity contribution is 5.77.